The fourth-order valence-electron chi connectivity index (χ4n) is 1.60. The number of amides is 1. The minimum absolute atomic E-state index is 0.172. The number of hydrogen-bond donors (Lipinski definition) is 1. The second-order valence-corrected chi connectivity index (χ2v) is 5.29. The van der Waals surface area contributed by atoms with Gasteiger partial charge in [0.25, 0.3) is 0 Å². The van der Waals surface area contributed by atoms with E-state index in [1.165, 1.54) is 0 Å². The molecule has 0 aromatic rings. The molecule has 0 aromatic heterocycles. The van der Waals surface area contributed by atoms with E-state index >= 15 is 0 Å². The Morgan fingerprint density at radius 2 is 2.15 bits per heavy atom. The second-order valence-electron chi connectivity index (χ2n) is 4.18. The molecule has 1 rings (SSSR count). The fraction of sp³-hybridized carbons (Fsp3) is 0.500. The van der Waals surface area contributed by atoms with Crippen LogP contribution in [-0.4, -0.2) is 40.7 Å². The van der Waals surface area contributed by atoms with E-state index in [2.05, 4.69) is 16.9 Å². The van der Waals surface area contributed by atoms with Gasteiger partial charge in [0, 0.05) is 12.2 Å². The summed E-state index contributed by atoms with van der Waals surface area (Å²) in [4.78, 5) is 37.2. The zero-order valence-corrected chi connectivity index (χ0v) is 11.7. The van der Waals surface area contributed by atoms with E-state index in [1.54, 1.807) is 6.92 Å². The number of aliphatic imine (C=N–C) groups is 1. The van der Waals surface area contributed by atoms with Crippen LogP contribution < -0.4 is 15.5 Å². The molecule has 0 radical (unpaired) electrons. The van der Waals surface area contributed by atoms with Crippen molar-refractivity contribution in [2.75, 3.05) is 5.75 Å². The molecule has 1 aliphatic heterocycles. The van der Waals surface area contributed by atoms with Gasteiger partial charge < -0.3 is 25.1 Å². The van der Waals surface area contributed by atoms with E-state index in [9.17, 15) is 24.6 Å². The van der Waals surface area contributed by atoms with Gasteiger partial charge in [0.05, 0.1) is 17.7 Å². The lowest BCUT2D eigenvalue weighted by atomic mass is 10.2. The summed E-state index contributed by atoms with van der Waals surface area (Å²) in [5.74, 6) is -3.28. The van der Waals surface area contributed by atoms with Gasteiger partial charge in [-0.15, -0.1) is 11.8 Å². The van der Waals surface area contributed by atoms with Crippen LogP contribution in [0.25, 0.3) is 0 Å². The van der Waals surface area contributed by atoms with Crippen molar-refractivity contribution in [2.24, 2.45) is 4.99 Å². The third-order valence-electron chi connectivity index (χ3n) is 2.55. The molecule has 0 bridgehead atoms. The number of carbonyl (C=O) groups is 3. The standard InChI is InChI=1S/C12H16N2O5S/c1-3-4-7(15)13-9(12(18)19)10-14-8(11(16)17)6(2)5-20-10/h9-10H,2-5H2,1H3,(H,13,15)(H,16,17)(H,18,19)/p-2. The Hall–Kier alpha value is -1.83. The highest BCUT2D eigenvalue weighted by Gasteiger charge is 2.28. The summed E-state index contributed by atoms with van der Waals surface area (Å²) in [6.45, 7) is 5.30. The van der Waals surface area contributed by atoms with Gasteiger partial charge in [-0.05, 0) is 12.0 Å². The van der Waals surface area contributed by atoms with Crippen molar-refractivity contribution in [1.29, 1.82) is 0 Å². The maximum absolute atomic E-state index is 11.5. The van der Waals surface area contributed by atoms with Crippen molar-refractivity contribution in [1.82, 2.24) is 5.32 Å². The number of rotatable bonds is 6. The molecule has 1 amide bonds. The molecule has 8 heteroatoms. The van der Waals surface area contributed by atoms with Gasteiger partial charge in [-0.2, -0.15) is 0 Å². The zero-order chi connectivity index (χ0) is 15.3. The molecule has 0 spiro atoms. The second kappa shape index (κ2) is 7.09. The van der Waals surface area contributed by atoms with Gasteiger partial charge in [-0.25, -0.2) is 0 Å². The van der Waals surface area contributed by atoms with Crippen LogP contribution in [0.2, 0.25) is 0 Å². The summed E-state index contributed by atoms with van der Waals surface area (Å²) < 4.78 is 0. The zero-order valence-electron chi connectivity index (χ0n) is 10.9. The molecule has 7 nitrogen and oxygen atoms in total. The smallest absolute Gasteiger partial charge is 0.220 e. The molecule has 0 aromatic carbocycles. The molecule has 2 atom stereocenters. The molecular weight excluding hydrogens is 284 g/mol. The predicted molar refractivity (Wildman–Crippen MR) is 69.7 cm³/mol. The number of aliphatic carboxylic acids is 2. The number of carbonyl (C=O) groups excluding carboxylic acids is 3. The quantitative estimate of drug-likeness (QED) is 0.596. The van der Waals surface area contributed by atoms with Crippen LogP contribution in [0.15, 0.2) is 17.1 Å². The Kier molecular flexibility index (Phi) is 5.75. The van der Waals surface area contributed by atoms with Gasteiger partial charge in [-0.1, -0.05) is 13.5 Å². The molecule has 1 aliphatic rings. The van der Waals surface area contributed by atoms with Crippen LogP contribution >= 0.6 is 11.8 Å². The molecule has 0 saturated carbocycles. The first-order valence-electron chi connectivity index (χ1n) is 5.96. The number of nitrogens with one attached hydrogen (secondary N) is 1. The maximum Gasteiger partial charge on any atom is 0.220 e. The van der Waals surface area contributed by atoms with Crippen molar-refractivity contribution < 1.29 is 24.6 Å². The molecule has 20 heavy (non-hydrogen) atoms. The van der Waals surface area contributed by atoms with Crippen LogP contribution in [0, 0.1) is 0 Å². The normalized spacial score (nSPS) is 19.9. The third kappa shape index (κ3) is 4.09. The van der Waals surface area contributed by atoms with Crippen molar-refractivity contribution >= 4 is 35.3 Å². The molecule has 0 fully saturated rings. The van der Waals surface area contributed by atoms with Crippen molar-refractivity contribution in [3.8, 4) is 0 Å². The first-order chi connectivity index (χ1) is 9.36. The summed E-state index contributed by atoms with van der Waals surface area (Å²) in [6, 6.07) is -1.39. The highest BCUT2D eigenvalue weighted by atomic mass is 32.2. The fourth-order valence-corrected chi connectivity index (χ4v) is 2.66. The number of carboxylic acids is 2. The van der Waals surface area contributed by atoms with E-state index in [4.69, 9.17) is 0 Å². The minimum atomic E-state index is -1.52. The molecule has 1 N–H and O–H groups in total. The molecular formula is C12H14N2O5S-2. The molecule has 2 unspecified atom stereocenters. The van der Waals surface area contributed by atoms with Gasteiger partial charge in [0.1, 0.15) is 11.4 Å². The van der Waals surface area contributed by atoms with Crippen molar-refractivity contribution in [3.05, 3.63) is 12.2 Å². The van der Waals surface area contributed by atoms with E-state index in [-0.39, 0.29) is 23.5 Å². The predicted octanol–water partition coefficient (Wildman–Crippen LogP) is -2.16. The lowest BCUT2D eigenvalue weighted by Gasteiger charge is -2.30. The van der Waals surface area contributed by atoms with Gasteiger partial charge in [0.15, 0.2) is 0 Å². The third-order valence-corrected chi connectivity index (χ3v) is 3.78. The Balaban J connectivity index is 2.92. The molecule has 110 valence electrons. The summed E-state index contributed by atoms with van der Waals surface area (Å²) in [6.07, 6.45) is 0.735. The maximum atomic E-state index is 11.5. The van der Waals surface area contributed by atoms with Gasteiger partial charge in [0.2, 0.25) is 5.91 Å². The van der Waals surface area contributed by atoms with E-state index in [1.807, 2.05) is 0 Å². The molecule has 0 aliphatic carbocycles. The Bertz CT molecular complexity index is 474. The van der Waals surface area contributed by atoms with Gasteiger partial charge in [-0.3, -0.25) is 9.79 Å². The molecule has 1 heterocycles. The number of thioether (sulfide) groups is 1. The average molecular weight is 298 g/mol. The van der Waals surface area contributed by atoms with Crippen LogP contribution in [0.3, 0.4) is 0 Å². The lowest BCUT2D eigenvalue weighted by molar-refractivity contribution is -0.308. The molecule has 0 saturated heterocycles. The highest BCUT2D eigenvalue weighted by Crippen LogP contribution is 2.25. The van der Waals surface area contributed by atoms with Crippen molar-refractivity contribution in [3.63, 3.8) is 0 Å². The van der Waals surface area contributed by atoms with Gasteiger partial charge >= 0.3 is 0 Å². The number of hydrogen-bond acceptors (Lipinski definition) is 7. The average Bonchev–Trinajstić information content (AvgIpc) is 2.36. The van der Waals surface area contributed by atoms with Crippen LogP contribution in [0.4, 0.5) is 0 Å². The Labute approximate surface area is 120 Å². The van der Waals surface area contributed by atoms with Crippen LogP contribution in [0.5, 0.6) is 0 Å². The lowest BCUT2D eigenvalue weighted by Crippen LogP contribution is -2.54. The van der Waals surface area contributed by atoms with Crippen LogP contribution in [0.1, 0.15) is 19.8 Å². The highest BCUT2D eigenvalue weighted by molar-refractivity contribution is 8.00. The summed E-state index contributed by atoms with van der Waals surface area (Å²) in [5.41, 5.74) is -0.118. The Morgan fingerprint density at radius 1 is 1.50 bits per heavy atom. The van der Waals surface area contributed by atoms with E-state index in [0.717, 1.165) is 11.8 Å². The van der Waals surface area contributed by atoms with Crippen molar-refractivity contribution in [2.45, 2.75) is 31.2 Å². The summed E-state index contributed by atoms with van der Waals surface area (Å²) in [7, 11) is 0. The number of nitrogens with zero attached hydrogens (tertiary/aromatic N) is 1. The largest absolute Gasteiger partial charge is 0.548 e. The van der Waals surface area contributed by atoms with E-state index in [0.29, 0.717) is 6.42 Å². The monoisotopic (exact) mass is 298 g/mol. The SMILES string of the molecule is C=C1CSC(C(NC(=O)CCC)C(=O)[O-])N=C1C(=O)[O-]. The van der Waals surface area contributed by atoms with Crippen LogP contribution in [-0.2, 0) is 14.4 Å². The first-order valence-corrected chi connectivity index (χ1v) is 7.00. The minimum Gasteiger partial charge on any atom is -0.548 e. The Morgan fingerprint density at radius 3 is 2.65 bits per heavy atom. The number of carboxylic acid groups (broad SMARTS) is 2. The topological polar surface area (TPSA) is 122 Å². The first kappa shape index (κ1) is 16.2. The van der Waals surface area contributed by atoms with E-state index < -0.39 is 29.3 Å². The summed E-state index contributed by atoms with van der Waals surface area (Å²) >= 11 is 1.08. The summed E-state index contributed by atoms with van der Waals surface area (Å²) in [5, 5.41) is 23.3.